The maximum atomic E-state index is 6.20. The Balaban J connectivity index is 1.71. The summed E-state index contributed by atoms with van der Waals surface area (Å²) in [6.07, 6.45) is 0.760. The molecule has 0 aliphatic carbocycles. The van der Waals surface area contributed by atoms with E-state index < -0.39 is 0 Å². The lowest BCUT2D eigenvalue weighted by molar-refractivity contribution is 0.354. The van der Waals surface area contributed by atoms with Crippen LogP contribution in [0.25, 0.3) is 22.3 Å². The molecule has 0 aliphatic heterocycles. The number of nitrogens with zero attached hydrogens (tertiary/aromatic N) is 1. The standard InChI is InChI=1S/C27H27NO5/c1-29-20-8-6-19(7-9-20)26-17-23(22-16-21(30-2)10-12-24(22)33-26)28-14-13-18-5-11-25(31-3)27(15-18)32-4/h5-12,15-17H,13-14H2,1-4H3. The van der Waals surface area contributed by atoms with Crippen LogP contribution >= 0.6 is 0 Å². The normalized spacial score (nSPS) is 11.5. The fraction of sp³-hybridized carbons (Fsp3) is 0.222. The molecule has 0 aliphatic rings. The molecule has 0 spiro atoms. The van der Waals surface area contributed by atoms with E-state index in [0.717, 1.165) is 51.1 Å². The van der Waals surface area contributed by atoms with Crippen molar-refractivity contribution in [1.29, 1.82) is 0 Å². The van der Waals surface area contributed by atoms with Gasteiger partial charge in [0.15, 0.2) is 11.5 Å². The zero-order valence-corrected chi connectivity index (χ0v) is 19.3. The van der Waals surface area contributed by atoms with Crippen LogP contribution in [0, 0.1) is 0 Å². The highest BCUT2D eigenvalue weighted by atomic mass is 16.5. The molecule has 1 aromatic heterocycles. The summed E-state index contributed by atoms with van der Waals surface area (Å²) in [7, 11) is 6.57. The minimum absolute atomic E-state index is 0.605. The van der Waals surface area contributed by atoms with Gasteiger partial charge in [-0.15, -0.1) is 0 Å². The van der Waals surface area contributed by atoms with Crippen LogP contribution in [0.4, 0.5) is 0 Å². The van der Waals surface area contributed by atoms with Crippen LogP contribution in [-0.2, 0) is 6.42 Å². The van der Waals surface area contributed by atoms with Crippen LogP contribution in [0.3, 0.4) is 0 Å². The summed E-state index contributed by atoms with van der Waals surface area (Å²) in [6, 6.07) is 21.4. The maximum absolute atomic E-state index is 6.20. The number of ether oxygens (including phenoxy) is 4. The fourth-order valence-corrected chi connectivity index (χ4v) is 3.65. The summed E-state index contributed by atoms with van der Waals surface area (Å²) in [4.78, 5) is 4.91. The Kier molecular flexibility index (Phi) is 6.83. The van der Waals surface area contributed by atoms with Gasteiger partial charge in [0.1, 0.15) is 22.8 Å². The van der Waals surface area contributed by atoms with Crippen molar-refractivity contribution in [3.63, 3.8) is 0 Å². The zero-order chi connectivity index (χ0) is 23.2. The number of rotatable bonds is 8. The molecule has 0 unspecified atom stereocenters. The van der Waals surface area contributed by atoms with Gasteiger partial charge in [0.05, 0.1) is 33.8 Å². The summed E-state index contributed by atoms with van der Waals surface area (Å²) in [5.74, 6) is 3.71. The molecule has 6 heteroatoms. The van der Waals surface area contributed by atoms with Gasteiger partial charge in [-0.2, -0.15) is 0 Å². The molecule has 6 nitrogen and oxygen atoms in total. The first-order valence-corrected chi connectivity index (χ1v) is 10.6. The van der Waals surface area contributed by atoms with Crippen LogP contribution in [0.1, 0.15) is 5.56 Å². The Morgan fingerprint density at radius 3 is 2.12 bits per heavy atom. The second kappa shape index (κ2) is 10.1. The Bertz CT molecular complexity index is 1310. The molecule has 0 amide bonds. The van der Waals surface area contributed by atoms with E-state index in [0.29, 0.717) is 18.0 Å². The summed E-state index contributed by atoms with van der Waals surface area (Å²) in [6.45, 7) is 0.605. The predicted molar refractivity (Wildman–Crippen MR) is 128 cm³/mol. The SMILES string of the molecule is COc1ccc(-c2cc(=NCCc3ccc(OC)c(OC)c3)c3cc(OC)ccc3o2)cc1. The highest BCUT2D eigenvalue weighted by Gasteiger charge is 2.08. The molecule has 4 aromatic rings. The molecule has 0 saturated carbocycles. The van der Waals surface area contributed by atoms with Gasteiger partial charge in [-0.25, -0.2) is 0 Å². The molecule has 0 fully saturated rings. The van der Waals surface area contributed by atoms with Crippen molar-refractivity contribution in [2.75, 3.05) is 35.0 Å². The van der Waals surface area contributed by atoms with Crippen molar-refractivity contribution in [2.45, 2.75) is 6.42 Å². The van der Waals surface area contributed by atoms with E-state index in [9.17, 15) is 0 Å². The monoisotopic (exact) mass is 445 g/mol. The van der Waals surface area contributed by atoms with Crippen LogP contribution < -0.4 is 24.3 Å². The number of hydrogen-bond donors (Lipinski definition) is 0. The van der Waals surface area contributed by atoms with E-state index in [1.54, 1.807) is 28.4 Å². The third kappa shape index (κ3) is 4.95. The van der Waals surface area contributed by atoms with Gasteiger partial charge in [-0.3, -0.25) is 4.99 Å². The van der Waals surface area contributed by atoms with Gasteiger partial charge in [0, 0.05) is 23.6 Å². The van der Waals surface area contributed by atoms with Crippen molar-refractivity contribution in [2.24, 2.45) is 4.99 Å². The summed E-state index contributed by atoms with van der Waals surface area (Å²) in [5.41, 5.74) is 2.81. The van der Waals surface area contributed by atoms with Crippen LogP contribution in [0.2, 0.25) is 0 Å². The molecular formula is C27H27NO5. The number of fused-ring (bicyclic) bond motifs is 1. The third-order valence-corrected chi connectivity index (χ3v) is 5.46. The van der Waals surface area contributed by atoms with Gasteiger partial charge in [-0.05, 0) is 66.6 Å². The summed E-state index contributed by atoms with van der Waals surface area (Å²) >= 11 is 0. The second-order valence-corrected chi connectivity index (χ2v) is 7.41. The van der Waals surface area contributed by atoms with Crippen LogP contribution in [-0.4, -0.2) is 35.0 Å². The highest BCUT2D eigenvalue weighted by Crippen LogP contribution is 2.28. The van der Waals surface area contributed by atoms with Crippen molar-refractivity contribution in [3.8, 4) is 34.3 Å². The maximum Gasteiger partial charge on any atom is 0.160 e. The first-order chi connectivity index (χ1) is 16.1. The molecular weight excluding hydrogens is 418 g/mol. The van der Waals surface area contributed by atoms with Gasteiger partial charge in [0.25, 0.3) is 0 Å². The quantitative estimate of drug-likeness (QED) is 0.369. The van der Waals surface area contributed by atoms with Crippen LogP contribution in [0.15, 0.2) is 76.1 Å². The topological polar surface area (TPSA) is 62.4 Å². The van der Waals surface area contributed by atoms with Gasteiger partial charge >= 0.3 is 0 Å². The summed E-state index contributed by atoms with van der Waals surface area (Å²) < 4.78 is 27.6. The van der Waals surface area contributed by atoms with Gasteiger partial charge in [0.2, 0.25) is 0 Å². The lowest BCUT2D eigenvalue weighted by Gasteiger charge is -2.09. The zero-order valence-electron chi connectivity index (χ0n) is 19.3. The third-order valence-electron chi connectivity index (χ3n) is 5.46. The average molecular weight is 446 g/mol. The van der Waals surface area contributed by atoms with E-state index in [1.807, 2.05) is 66.7 Å². The van der Waals surface area contributed by atoms with E-state index in [-0.39, 0.29) is 0 Å². The average Bonchev–Trinajstić information content (AvgIpc) is 2.88. The molecule has 1 heterocycles. The second-order valence-electron chi connectivity index (χ2n) is 7.41. The molecule has 0 radical (unpaired) electrons. The smallest absolute Gasteiger partial charge is 0.160 e. The van der Waals surface area contributed by atoms with Gasteiger partial charge in [-0.1, -0.05) is 6.07 Å². The number of benzene rings is 3. The molecule has 0 atom stereocenters. The number of methoxy groups -OCH3 is 4. The van der Waals surface area contributed by atoms with Crippen molar-refractivity contribution >= 4 is 11.0 Å². The van der Waals surface area contributed by atoms with Crippen molar-refractivity contribution in [3.05, 3.63) is 77.7 Å². The van der Waals surface area contributed by atoms with E-state index in [4.69, 9.17) is 28.4 Å². The van der Waals surface area contributed by atoms with E-state index >= 15 is 0 Å². The Hall–Kier alpha value is -3.93. The van der Waals surface area contributed by atoms with Crippen molar-refractivity contribution < 1.29 is 23.4 Å². The summed E-state index contributed by atoms with van der Waals surface area (Å²) in [5, 5.41) is 1.75. The van der Waals surface area contributed by atoms with Crippen LogP contribution in [0.5, 0.6) is 23.0 Å². The largest absolute Gasteiger partial charge is 0.497 e. The fourth-order valence-electron chi connectivity index (χ4n) is 3.65. The Labute approximate surface area is 193 Å². The molecule has 4 rings (SSSR count). The Morgan fingerprint density at radius 1 is 0.697 bits per heavy atom. The predicted octanol–water partition coefficient (Wildman–Crippen LogP) is 5.28. The molecule has 170 valence electrons. The van der Waals surface area contributed by atoms with E-state index in [1.165, 1.54) is 0 Å². The first-order valence-electron chi connectivity index (χ1n) is 10.6. The first kappa shape index (κ1) is 22.3. The molecule has 0 saturated heterocycles. The Morgan fingerprint density at radius 2 is 1.42 bits per heavy atom. The number of hydrogen-bond acceptors (Lipinski definition) is 6. The molecule has 33 heavy (non-hydrogen) atoms. The highest BCUT2D eigenvalue weighted by molar-refractivity contribution is 5.80. The minimum atomic E-state index is 0.605. The lowest BCUT2D eigenvalue weighted by Crippen LogP contribution is -2.06. The van der Waals surface area contributed by atoms with E-state index in [2.05, 4.69) is 0 Å². The van der Waals surface area contributed by atoms with Crippen molar-refractivity contribution in [1.82, 2.24) is 0 Å². The van der Waals surface area contributed by atoms with Gasteiger partial charge < -0.3 is 23.4 Å². The molecule has 0 bridgehead atoms. The minimum Gasteiger partial charge on any atom is -0.497 e. The molecule has 0 N–H and O–H groups in total. The molecule has 3 aromatic carbocycles. The lowest BCUT2D eigenvalue weighted by atomic mass is 10.1.